The normalized spacial score (nSPS) is 2.36. The summed E-state index contributed by atoms with van der Waals surface area (Å²) in [7, 11) is -2.87. The van der Waals surface area contributed by atoms with Gasteiger partial charge in [0.2, 0.25) is 0 Å². The molecule has 0 rings (SSSR count). The smallest absolute Gasteiger partial charge is 0.134 e. The Hall–Kier alpha value is 7.02. The molecule has 31 valence electrons. The van der Waals surface area contributed by atoms with E-state index in [9.17, 15) is 0 Å². The molecule has 0 aliphatic heterocycles. The van der Waals surface area contributed by atoms with E-state index in [1.165, 1.54) is 0 Å². The van der Waals surface area contributed by atoms with Gasteiger partial charge in [-0.2, -0.15) is 0 Å². The molecule has 0 aromatic carbocycles. The molecule has 0 bridgehead atoms. The largest absolute Gasteiger partial charge is 0.692 e. The van der Waals surface area contributed by atoms with Gasteiger partial charge in [0.25, 0.3) is 0 Å². The van der Waals surface area contributed by atoms with E-state index < -0.39 is 8.25 Å². The first-order chi connectivity index (χ1) is 1.73. The Morgan fingerprint density at radius 3 is 0.636 bits per heavy atom. The van der Waals surface area contributed by atoms with Crippen LogP contribution in [-0.2, 0) is 4.57 Å². The van der Waals surface area contributed by atoms with Crippen LogP contribution in [0.5, 0.6) is 0 Å². The van der Waals surface area contributed by atoms with Crippen LogP contribution in [0, 0.1) is 0 Å². The summed E-state index contributed by atoms with van der Waals surface area (Å²) in [6.07, 6.45) is 0. The molecule has 2 N–H and O–H groups in total. The zero-order chi connectivity index (χ0) is 3.58. The van der Waals surface area contributed by atoms with E-state index >= 15 is 0 Å². The maximum absolute atomic E-state index is 8.70. The summed E-state index contributed by atoms with van der Waals surface area (Å²) in [6, 6.07) is 0. The van der Waals surface area contributed by atoms with Crippen molar-refractivity contribution in [2.45, 2.75) is 0 Å². The first kappa shape index (κ1) is 52.0. The Balaban J connectivity index is -0.00000000214. The van der Waals surface area contributed by atoms with Gasteiger partial charge in [-0.3, -0.25) is 0 Å². The zero-order valence-corrected chi connectivity index (χ0v) is 23.6. The van der Waals surface area contributed by atoms with Gasteiger partial charge in [0.15, 0.2) is 0 Å². The van der Waals surface area contributed by atoms with Crippen molar-refractivity contribution in [1.29, 1.82) is 0 Å². The molecule has 0 aromatic rings. The second-order valence-electron chi connectivity index (χ2n) is 0.253. The Kier molecular flexibility index (Phi) is 206. The molecule has 0 fully saturated rings. The molecule has 0 saturated heterocycles. The Morgan fingerprint density at radius 1 is 0.636 bits per heavy atom. The Labute approximate surface area is 223 Å². The van der Waals surface area contributed by atoms with Crippen molar-refractivity contribution in [3.63, 3.8) is 0 Å². The van der Waals surface area contributed by atoms with E-state index in [1.807, 2.05) is 0 Å². The van der Waals surface area contributed by atoms with Gasteiger partial charge >= 0.3 is 8.25 Å². The van der Waals surface area contributed by atoms with Gasteiger partial charge in [-0.25, -0.2) is 0 Å². The van der Waals surface area contributed by atoms with E-state index in [2.05, 4.69) is 0 Å². The minimum Gasteiger partial charge on any atom is -0.134 e. The topological polar surface area (TPSA) is 57.5 Å². The maximum Gasteiger partial charge on any atom is 0.692 e. The van der Waals surface area contributed by atoms with Crippen LogP contribution in [-0.4, -0.2) is 217 Å². The fourth-order valence-corrected chi connectivity index (χ4v) is 0. The minimum atomic E-state index is -2.87. The third-order valence-electron chi connectivity index (χ3n) is 0. The average Bonchev–Trinajstić information content (AvgIpc) is 0.811. The predicted octanol–water partition coefficient (Wildman–Crippen LogP) is -3.04. The predicted molar refractivity (Wildman–Crippen MR) is 52.3 cm³/mol. The Bertz CT molecular complexity index is 36.7. The van der Waals surface area contributed by atoms with Crippen molar-refractivity contribution in [1.82, 2.24) is 0 Å². The van der Waals surface area contributed by atoms with Gasteiger partial charge in [-0.15, -0.1) is 9.79 Å². The fraction of sp³-hybridized carbons (Fsp3) is 0. The van der Waals surface area contributed by atoms with Gasteiger partial charge < -0.3 is 0 Å². The van der Waals surface area contributed by atoms with Crippen LogP contribution in [0.15, 0.2) is 0 Å². The second kappa shape index (κ2) is 43.5. The van der Waals surface area contributed by atoms with Crippen LogP contribution in [0.25, 0.3) is 0 Å². The summed E-state index contributed by atoms with van der Waals surface area (Å²) >= 11 is 0. The number of hydrogen-bond acceptors (Lipinski definition) is 1. The molecule has 11 heavy (non-hydrogen) atoms. The fourth-order valence-electron chi connectivity index (χ4n) is 0. The molecule has 3 nitrogen and oxygen atoms in total. The molecular weight excluding hydrogens is 240 g/mol. The number of rotatable bonds is 0. The van der Waals surface area contributed by atoms with Gasteiger partial charge in [-0.05, 0) is 0 Å². The van der Waals surface area contributed by atoms with E-state index in [0.29, 0.717) is 0 Å². The van der Waals surface area contributed by atoms with Crippen LogP contribution in [0.3, 0.4) is 0 Å². The molecule has 0 heterocycles. The quantitative estimate of drug-likeness (QED) is 0.351. The molecule has 7 radical (unpaired) electrons. The van der Waals surface area contributed by atoms with Crippen molar-refractivity contribution in [3.05, 3.63) is 0 Å². The summed E-state index contributed by atoms with van der Waals surface area (Å²) in [5.74, 6) is 0. The van der Waals surface area contributed by atoms with Crippen LogP contribution in [0.1, 0.15) is 0 Å². The Morgan fingerprint density at radius 2 is 0.636 bits per heavy atom. The molecular formula is H2Na7O3P+. The first-order valence-corrected chi connectivity index (χ1v) is 1.75. The summed E-state index contributed by atoms with van der Waals surface area (Å²) in [5, 5.41) is 0. The SMILES string of the molecule is O=[P+](O)O.[Na].[Na].[Na].[Na].[Na].[Na].[Na]. The van der Waals surface area contributed by atoms with Gasteiger partial charge in [0.1, 0.15) is 0 Å². The molecule has 0 unspecified atom stereocenters. The van der Waals surface area contributed by atoms with Crippen molar-refractivity contribution < 1.29 is 14.4 Å². The molecule has 0 aromatic heterocycles. The zero-order valence-electron chi connectivity index (χ0n) is 8.75. The molecule has 0 atom stereocenters. The summed E-state index contributed by atoms with van der Waals surface area (Å²) in [5.41, 5.74) is 0. The summed E-state index contributed by atoms with van der Waals surface area (Å²) in [6.45, 7) is 0. The van der Waals surface area contributed by atoms with Gasteiger partial charge in [0, 0.05) is 211 Å². The van der Waals surface area contributed by atoms with Crippen LogP contribution < -0.4 is 0 Å². The molecule has 0 amide bonds. The van der Waals surface area contributed by atoms with E-state index in [1.54, 1.807) is 0 Å². The first-order valence-electron chi connectivity index (χ1n) is 0.583. The summed E-state index contributed by atoms with van der Waals surface area (Å²) < 4.78 is 8.70. The van der Waals surface area contributed by atoms with Crippen LogP contribution >= 0.6 is 8.25 Å². The molecule has 0 aliphatic rings. The minimum absolute atomic E-state index is 0. The van der Waals surface area contributed by atoms with Crippen LogP contribution in [0.4, 0.5) is 0 Å². The molecule has 0 aliphatic carbocycles. The number of hydrogen-bond donors (Lipinski definition) is 2. The molecule has 0 spiro atoms. The van der Waals surface area contributed by atoms with Gasteiger partial charge in [0.05, 0.1) is 0 Å². The van der Waals surface area contributed by atoms with Crippen molar-refractivity contribution >= 4 is 215 Å². The van der Waals surface area contributed by atoms with Crippen molar-refractivity contribution in [2.24, 2.45) is 0 Å². The van der Waals surface area contributed by atoms with Crippen LogP contribution in [0.2, 0.25) is 0 Å². The van der Waals surface area contributed by atoms with Crippen molar-refractivity contribution in [3.8, 4) is 0 Å². The van der Waals surface area contributed by atoms with E-state index in [4.69, 9.17) is 14.4 Å². The molecule has 0 saturated carbocycles. The van der Waals surface area contributed by atoms with Crippen molar-refractivity contribution in [2.75, 3.05) is 0 Å². The molecule has 11 heteroatoms. The monoisotopic (exact) mass is 242 g/mol. The van der Waals surface area contributed by atoms with E-state index in [0.717, 1.165) is 0 Å². The second-order valence-corrected chi connectivity index (χ2v) is 0.758. The van der Waals surface area contributed by atoms with Gasteiger partial charge in [-0.1, -0.05) is 0 Å². The summed E-state index contributed by atoms with van der Waals surface area (Å²) in [4.78, 5) is 14.2. The third kappa shape index (κ3) is 77.9. The maximum atomic E-state index is 8.70. The van der Waals surface area contributed by atoms with E-state index in [-0.39, 0.29) is 207 Å². The standard InChI is InChI=1S/7Na.HO3P/c;;;;;;;1-4(2)3/h;;;;;;;(H-,1,2,3)/p+1. The third-order valence-corrected chi connectivity index (χ3v) is 0. The average molecular weight is 242 g/mol.